The smallest absolute Gasteiger partial charge is 0.254 e. The number of nitrogens with one attached hydrogen (secondary N) is 2. The largest absolute Gasteiger partial charge is 0.390 e. The summed E-state index contributed by atoms with van der Waals surface area (Å²) in [5, 5.41) is 17.5. The molecule has 2 unspecified atom stereocenters. The number of carbonyl (C=O) groups excluding carboxylic acids is 2. The number of anilines is 1. The van der Waals surface area contributed by atoms with Crippen molar-refractivity contribution in [3.8, 4) is 0 Å². The first-order valence-electron chi connectivity index (χ1n) is 13.8. The molecule has 1 heterocycles. The zero-order valence-corrected chi connectivity index (χ0v) is 21.8. The van der Waals surface area contributed by atoms with E-state index in [1.54, 1.807) is 12.1 Å². The first kappa shape index (κ1) is 27.3. The fourth-order valence-corrected chi connectivity index (χ4v) is 5.50. The maximum atomic E-state index is 15.7. The number of carbonyl (C=O) groups is 2. The normalized spacial score (nSPS) is 18.1. The van der Waals surface area contributed by atoms with E-state index in [1.807, 2.05) is 37.3 Å². The molecule has 0 bridgehead atoms. The molecule has 2 aromatic rings. The van der Waals surface area contributed by atoms with Crippen LogP contribution in [0, 0.1) is 5.82 Å². The molecule has 2 amide bonds. The number of aliphatic hydroxyl groups is 1. The molecule has 2 fully saturated rings. The third kappa shape index (κ3) is 7.17. The van der Waals surface area contributed by atoms with Crippen LogP contribution < -0.4 is 15.5 Å². The molecule has 4 rings (SSSR count). The van der Waals surface area contributed by atoms with Gasteiger partial charge >= 0.3 is 0 Å². The molecule has 2 aliphatic rings. The second kappa shape index (κ2) is 13.2. The number of nitrogens with zero attached hydrogens (tertiary/aromatic N) is 1. The first-order valence-corrected chi connectivity index (χ1v) is 13.8. The van der Waals surface area contributed by atoms with Crippen molar-refractivity contribution in [2.75, 3.05) is 18.0 Å². The Kier molecular flexibility index (Phi) is 9.69. The molecular formula is C30H40FN3O3. The fourth-order valence-electron chi connectivity index (χ4n) is 5.50. The highest BCUT2D eigenvalue weighted by Crippen LogP contribution is 2.29. The van der Waals surface area contributed by atoms with Crippen molar-refractivity contribution in [2.24, 2.45) is 0 Å². The minimum absolute atomic E-state index is 0.0776. The lowest BCUT2D eigenvalue weighted by Crippen LogP contribution is -2.50. The molecule has 7 heteroatoms. The number of benzene rings is 2. The highest BCUT2D eigenvalue weighted by atomic mass is 19.1. The van der Waals surface area contributed by atoms with Crippen LogP contribution in [-0.2, 0) is 17.6 Å². The van der Waals surface area contributed by atoms with Crippen LogP contribution in [0.2, 0.25) is 0 Å². The predicted molar refractivity (Wildman–Crippen MR) is 144 cm³/mol. The highest BCUT2D eigenvalue weighted by Gasteiger charge is 2.29. The number of hydrogen-bond acceptors (Lipinski definition) is 4. The van der Waals surface area contributed by atoms with Gasteiger partial charge < -0.3 is 20.6 Å². The van der Waals surface area contributed by atoms with E-state index in [0.717, 1.165) is 30.4 Å². The van der Waals surface area contributed by atoms with E-state index in [2.05, 4.69) is 10.6 Å². The molecule has 1 saturated carbocycles. The summed E-state index contributed by atoms with van der Waals surface area (Å²) in [5.74, 6) is -1.37. The first-order chi connectivity index (χ1) is 18.0. The predicted octanol–water partition coefficient (Wildman–Crippen LogP) is 4.53. The van der Waals surface area contributed by atoms with Crippen LogP contribution in [0.15, 0.2) is 42.5 Å². The van der Waals surface area contributed by atoms with Crippen molar-refractivity contribution in [1.82, 2.24) is 10.6 Å². The van der Waals surface area contributed by atoms with Crippen molar-refractivity contribution in [3.63, 3.8) is 0 Å². The Labute approximate surface area is 219 Å². The van der Waals surface area contributed by atoms with Crippen LogP contribution in [0.4, 0.5) is 10.1 Å². The van der Waals surface area contributed by atoms with Gasteiger partial charge in [0.25, 0.3) is 5.91 Å². The summed E-state index contributed by atoms with van der Waals surface area (Å²) in [6, 6.07) is 12.8. The van der Waals surface area contributed by atoms with Crippen LogP contribution in [0.1, 0.15) is 79.8 Å². The van der Waals surface area contributed by atoms with Gasteiger partial charge in [0.1, 0.15) is 0 Å². The standard InChI is InChI=1S/C30H40FN3O3/c1-2-10-22-17-24(29(31)26(19-22)34-16-9-15-28(34)36)30(37)33-25(18-21-11-5-3-6-12-21)27(35)20-32-23-13-7-4-8-14-23/h3,5-6,11-12,17,19,23,25,27,32,35H,2,4,7-10,13-16,18,20H2,1H3,(H,33,37). The molecule has 200 valence electrons. The van der Waals surface area contributed by atoms with Gasteiger partial charge in [0.15, 0.2) is 5.82 Å². The molecule has 0 aromatic heterocycles. The highest BCUT2D eigenvalue weighted by molar-refractivity contribution is 6.00. The molecule has 6 nitrogen and oxygen atoms in total. The molecule has 3 N–H and O–H groups in total. The van der Waals surface area contributed by atoms with Gasteiger partial charge in [-0.25, -0.2) is 4.39 Å². The van der Waals surface area contributed by atoms with Gasteiger partial charge in [0, 0.05) is 25.6 Å². The van der Waals surface area contributed by atoms with Gasteiger partial charge in [0.2, 0.25) is 5.91 Å². The molecular weight excluding hydrogens is 469 g/mol. The topological polar surface area (TPSA) is 81.7 Å². The molecule has 0 spiro atoms. The third-order valence-corrected chi connectivity index (χ3v) is 7.56. The Hall–Kier alpha value is -2.77. The summed E-state index contributed by atoms with van der Waals surface area (Å²) in [6.07, 6.45) is 7.97. The molecule has 1 aliphatic heterocycles. The molecule has 2 atom stereocenters. The average Bonchev–Trinajstić information content (AvgIpc) is 3.34. The quantitative estimate of drug-likeness (QED) is 0.416. The Balaban J connectivity index is 1.55. The number of hydrogen-bond donors (Lipinski definition) is 3. The van der Waals surface area contributed by atoms with Gasteiger partial charge in [-0.1, -0.05) is 62.9 Å². The SMILES string of the molecule is CCCc1cc(C(=O)NC(Cc2ccccc2)C(O)CNC2CCCCC2)c(F)c(N2CCCC2=O)c1. The van der Waals surface area contributed by atoms with Crippen LogP contribution in [0.25, 0.3) is 0 Å². The summed E-state index contributed by atoms with van der Waals surface area (Å²) >= 11 is 0. The lowest BCUT2D eigenvalue weighted by atomic mass is 9.94. The Morgan fingerprint density at radius 2 is 1.86 bits per heavy atom. The monoisotopic (exact) mass is 509 g/mol. The van der Waals surface area contributed by atoms with Crippen molar-refractivity contribution >= 4 is 17.5 Å². The fraction of sp³-hybridized carbons (Fsp3) is 0.533. The van der Waals surface area contributed by atoms with E-state index >= 15 is 4.39 Å². The third-order valence-electron chi connectivity index (χ3n) is 7.56. The summed E-state index contributed by atoms with van der Waals surface area (Å²) in [4.78, 5) is 27.3. The number of rotatable bonds is 11. The van der Waals surface area contributed by atoms with E-state index in [1.165, 1.54) is 24.2 Å². The Morgan fingerprint density at radius 1 is 1.11 bits per heavy atom. The van der Waals surface area contributed by atoms with Crippen molar-refractivity contribution in [1.29, 1.82) is 0 Å². The maximum Gasteiger partial charge on any atom is 0.254 e. The number of aryl methyl sites for hydroxylation is 1. The lowest BCUT2D eigenvalue weighted by molar-refractivity contribution is -0.117. The zero-order valence-electron chi connectivity index (χ0n) is 21.8. The Morgan fingerprint density at radius 3 is 2.54 bits per heavy atom. The summed E-state index contributed by atoms with van der Waals surface area (Å²) in [5.41, 5.74) is 1.90. The molecule has 0 radical (unpaired) electrons. The van der Waals surface area contributed by atoms with Crippen molar-refractivity contribution < 1.29 is 19.1 Å². The minimum Gasteiger partial charge on any atom is -0.390 e. The molecule has 2 aromatic carbocycles. The van der Waals surface area contributed by atoms with Crippen LogP contribution >= 0.6 is 0 Å². The molecule has 1 saturated heterocycles. The van der Waals surface area contributed by atoms with Gasteiger partial charge in [-0.05, 0) is 55.4 Å². The molecule has 37 heavy (non-hydrogen) atoms. The lowest BCUT2D eigenvalue weighted by Gasteiger charge is -2.29. The van der Waals surface area contributed by atoms with Gasteiger partial charge in [-0.3, -0.25) is 9.59 Å². The van der Waals surface area contributed by atoms with Crippen molar-refractivity contribution in [2.45, 2.75) is 89.3 Å². The summed E-state index contributed by atoms with van der Waals surface area (Å²) < 4.78 is 15.7. The average molecular weight is 510 g/mol. The zero-order chi connectivity index (χ0) is 26.2. The number of amides is 2. The van der Waals surface area contributed by atoms with Crippen LogP contribution in [0.3, 0.4) is 0 Å². The van der Waals surface area contributed by atoms with E-state index in [0.29, 0.717) is 44.8 Å². The van der Waals surface area contributed by atoms with E-state index in [4.69, 9.17) is 0 Å². The van der Waals surface area contributed by atoms with Gasteiger partial charge in [-0.2, -0.15) is 0 Å². The number of halogens is 1. The minimum atomic E-state index is -0.840. The summed E-state index contributed by atoms with van der Waals surface area (Å²) in [7, 11) is 0. The van der Waals surface area contributed by atoms with E-state index < -0.39 is 23.9 Å². The second-order valence-corrected chi connectivity index (χ2v) is 10.5. The van der Waals surface area contributed by atoms with Crippen LogP contribution in [-0.4, -0.2) is 48.2 Å². The second-order valence-electron chi connectivity index (χ2n) is 10.5. The van der Waals surface area contributed by atoms with Crippen molar-refractivity contribution in [3.05, 3.63) is 65.0 Å². The Bertz CT molecular complexity index is 1060. The maximum absolute atomic E-state index is 15.7. The summed E-state index contributed by atoms with van der Waals surface area (Å²) in [6.45, 7) is 2.83. The number of aliphatic hydroxyl groups excluding tert-OH is 1. The van der Waals surface area contributed by atoms with Gasteiger partial charge in [-0.15, -0.1) is 0 Å². The van der Waals surface area contributed by atoms with E-state index in [9.17, 15) is 14.7 Å². The van der Waals surface area contributed by atoms with E-state index in [-0.39, 0.29) is 17.2 Å². The van der Waals surface area contributed by atoms with Crippen LogP contribution in [0.5, 0.6) is 0 Å². The van der Waals surface area contributed by atoms with Gasteiger partial charge in [0.05, 0.1) is 23.4 Å². The molecule has 1 aliphatic carbocycles.